The van der Waals surface area contributed by atoms with Crippen molar-refractivity contribution in [3.05, 3.63) is 83.3 Å². The number of nitrogens with zero attached hydrogens (tertiary/aromatic N) is 2. The van der Waals surface area contributed by atoms with Crippen LogP contribution in [0.5, 0.6) is 11.5 Å². The normalized spacial score (nSPS) is 10.9. The first kappa shape index (κ1) is 29.8. The highest BCUT2D eigenvalue weighted by Gasteiger charge is 2.25. The average molecular weight is 535 g/mol. The number of hydrogen-bond acceptors (Lipinski definition) is 5. The van der Waals surface area contributed by atoms with Gasteiger partial charge < -0.3 is 23.7 Å². The largest absolute Gasteiger partial charge is 0.493 e. The van der Waals surface area contributed by atoms with Crippen molar-refractivity contribution in [1.82, 2.24) is 9.80 Å². The molecule has 3 rings (SSSR count). The van der Waals surface area contributed by atoms with Gasteiger partial charge in [-0.1, -0.05) is 38.0 Å². The molecule has 2 aromatic carbocycles. The van der Waals surface area contributed by atoms with Gasteiger partial charge in [-0.05, 0) is 80.6 Å². The molecule has 0 N–H and O–H groups in total. The number of carbonyl (C=O) groups excluding carboxylic acids is 2. The third kappa shape index (κ3) is 8.63. The molecule has 1 aromatic heterocycles. The van der Waals surface area contributed by atoms with Crippen LogP contribution in [0.25, 0.3) is 0 Å². The number of rotatable bonds is 15. The van der Waals surface area contributed by atoms with Crippen LogP contribution in [-0.2, 0) is 24.2 Å². The molecular formula is C32H42N2O5. The first-order chi connectivity index (χ1) is 18.9. The zero-order chi connectivity index (χ0) is 28.2. The molecule has 0 atom stereocenters. The Kier molecular flexibility index (Phi) is 11.5. The molecule has 0 unspecified atom stereocenters. The second-order valence-electron chi connectivity index (χ2n) is 10.0. The van der Waals surface area contributed by atoms with Gasteiger partial charge in [-0.25, -0.2) is 0 Å². The Morgan fingerprint density at radius 3 is 2.23 bits per heavy atom. The Morgan fingerprint density at radius 2 is 1.62 bits per heavy atom. The van der Waals surface area contributed by atoms with Crippen molar-refractivity contribution in [3.63, 3.8) is 0 Å². The highest BCUT2D eigenvalue weighted by molar-refractivity contribution is 5.96. The smallest absolute Gasteiger partial charge is 0.254 e. The molecule has 39 heavy (non-hydrogen) atoms. The monoisotopic (exact) mass is 534 g/mol. The number of aryl methyl sites for hydroxylation is 1. The van der Waals surface area contributed by atoms with Crippen molar-refractivity contribution in [1.29, 1.82) is 0 Å². The lowest BCUT2D eigenvalue weighted by Crippen LogP contribution is -2.46. The fraction of sp³-hybridized carbons (Fsp3) is 0.438. The quantitative estimate of drug-likeness (QED) is 0.219. The van der Waals surface area contributed by atoms with Crippen LogP contribution in [0.15, 0.2) is 65.3 Å². The highest BCUT2D eigenvalue weighted by atomic mass is 16.5. The molecule has 0 aliphatic heterocycles. The lowest BCUT2D eigenvalue weighted by molar-refractivity contribution is -0.133. The number of benzene rings is 2. The fourth-order valence-electron chi connectivity index (χ4n) is 4.48. The minimum absolute atomic E-state index is 0.0125. The molecule has 0 radical (unpaired) electrons. The summed E-state index contributed by atoms with van der Waals surface area (Å²) in [7, 11) is 3.21. The molecule has 1 heterocycles. The summed E-state index contributed by atoms with van der Waals surface area (Å²) in [6.07, 6.45) is 6.75. The summed E-state index contributed by atoms with van der Waals surface area (Å²) >= 11 is 0. The minimum atomic E-state index is -0.142. The van der Waals surface area contributed by atoms with Crippen LogP contribution in [0.1, 0.15) is 67.3 Å². The number of methoxy groups -OCH3 is 2. The maximum Gasteiger partial charge on any atom is 0.254 e. The number of carbonyl (C=O) groups is 2. The highest BCUT2D eigenvalue weighted by Crippen LogP contribution is 2.28. The molecule has 2 amide bonds. The molecule has 7 heteroatoms. The van der Waals surface area contributed by atoms with E-state index in [-0.39, 0.29) is 24.4 Å². The summed E-state index contributed by atoms with van der Waals surface area (Å²) in [6.45, 7) is 6.83. The zero-order valence-corrected chi connectivity index (χ0v) is 23.9. The maximum absolute atomic E-state index is 13.6. The second kappa shape index (κ2) is 15.0. The summed E-state index contributed by atoms with van der Waals surface area (Å²) in [4.78, 5) is 30.4. The van der Waals surface area contributed by atoms with Gasteiger partial charge in [-0.2, -0.15) is 0 Å². The van der Waals surface area contributed by atoms with Crippen molar-refractivity contribution in [2.45, 2.75) is 65.5 Å². The summed E-state index contributed by atoms with van der Waals surface area (Å²) < 4.78 is 16.3. The number of ether oxygens (including phenoxy) is 2. The molecule has 7 nitrogen and oxygen atoms in total. The van der Waals surface area contributed by atoms with Crippen LogP contribution < -0.4 is 9.47 Å². The van der Waals surface area contributed by atoms with E-state index in [0.717, 1.165) is 18.4 Å². The number of amides is 2. The molecule has 0 saturated heterocycles. The molecule has 0 aliphatic carbocycles. The lowest BCUT2D eigenvalue weighted by atomic mass is 10.0. The van der Waals surface area contributed by atoms with E-state index < -0.39 is 0 Å². The van der Waals surface area contributed by atoms with E-state index in [1.165, 1.54) is 18.4 Å². The summed E-state index contributed by atoms with van der Waals surface area (Å²) in [6, 6.07) is 17.1. The molecular weight excluding hydrogens is 492 g/mol. The van der Waals surface area contributed by atoms with Gasteiger partial charge >= 0.3 is 0 Å². The number of unbranched alkanes of at least 4 members (excludes halogenated alkanes) is 2. The lowest BCUT2D eigenvalue weighted by Gasteiger charge is -2.30. The van der Waals surface area contributed by atoms with Crippen LogP contribution in [0.2, 0.25) is 0 Å². The van der Waals surface area contributed by atoms with E-state index in [4.69, 9.17) is 13.9 Å². The first-order valence-corrected chi connectivity index (χ1v) is 13.8. The Bertz CT molecular complexity index is 1170. The number of furan rings is 1. The molecule has 0 bridgehead atoms. The standard InChI is InChI=1S/C32H42N2O5/c1-6-7-8-10-25-12-15-27(16-13-25)32(36)34(24(2)3)23-31(35)33(22-28-11-9-20-39-28)19-18-26-14-17-29(37-4)30(21-26)38-5/h9,11-17,20-21,24H,6-8,10,18-19,22-23H2,1-5H3. The van der Waals surface area contributed by atoms with Gasteiger partial charge in [0, 0.05) is 18.2 Å². The Labute approximate surface area is 232 Å². The molecule has 0 saturated carbocycles. The van der Waals surface area contributed by atoms with Crippen molar-refractivity contribution in [2.75, 3.05) is 27.3 Å². The predicted octanol–water partition coefficient (Wildman–Crippen LogP) is 6.15. The zero-order valence-electron chi connectivity index (χ0n) is 23.9. The van der Waals surface area contributed by atoms with Gasteiger partial charge in [0.1, 0.15) is 12.3 Å². The van der Waals surface area contributed by atoms with Crippen molar-refractivity contribution in [2.24, 2.45) is 0 Å². The topological polar surface area (TPSA) is 72.2 Å². The van der Waals surface area contributed by atoms with Gasteiger partial charge in [0.15, 0.2) is 11.5 Å². The predicted molar refractivity (Wildman–Crippen MR) is 153 cm³/mol. The van der Waals surface area contributed by atoms with Crippen molar-refractivity contribution < 1.29 is 23.5 Å². The van der Waals surface area contributed by atoms with Gasteiger partial charge in [0.2, 0.25) is 5.91 Å². The SMILES string of the molecule is CCCCCc1ccc(C(=O)N(CC(=O)N(CCc2ccc(OC)c(OC)c2)Cc2ccco2)C(C)C)cc1. The van der Waals surface area contributed by atoms with Crippen molar-refractivity contribution >= 4 is 11.8 Å². The van der Waals surface area contributed by atoms with E-state index in [2.05, 4.69) is 6.92 Å². The summed E-state index contributed by atoms with van der Waals surface area (Å²) in [5, 5.41) is 0. The average Bonchev–Trinajstić information content (AvgIpc) is 3.47. The van der Waals surface area contributed by atoms with Crippen molar-refractivity contribution in [3.8, 4) is 11.5 Å². The number of hydrogen-bond donors (Lipinski definition) is 0. The van der Waals surface area contributed by atoms with Crippen LogP contribution >= 0.6 is 0 Å². The minimum Gasteiger partial charge on any atom is -0.493 e. The van der Waals surface area contributed by atoms with Crippen LogP contribution in [0.4, 0.5) is 0 Å². The first-order valence-electron chi connectivity index (χ1n) is 13.8. The van der Waals surface area contributed by atoms with E-state index in [0.29, 0.717) is 42.3 Å². The maximum atomic E-state index is 13.6. The van der Waals surface area contributed by atoms with Gasteiger partial charge in [-0.3, -0.25) is 9.59 Å². The van der Waals surface area contributed by atoms with Crippen LogP contribution in [0.3, 0.4) is 0 Å². The van der Waals surface area contributed by atoms with E-state index in [9.17, 15) is 9.59 Å². The van der Waals surface area contributed by atoms with Gasteiger partial charge in [-0.15, -0.1) is 0 Å². The Balaban J connectivity index is 1.72. The molecule has 0 fully saturated rings. The van der Waals surface area contributed by atoms with Crippen LogP contribution in [0, 0.1) is 0 Å². The fourth-order valence-corrected chi connectivity index (χ4v) is 4.48. The molecule has 3 aromatic rings. The third-order valence-corrected chi connectivity index (χ3v) is 6.86. The van der Waals surface area contributed by atoms with E-state index in [1.54, 1.807) is 30.3 Å². The van der Waals surface area contributed by atoms with Gasteiger partial charge in [0.25, 0.3) is 5.91 Å². The summed E-state index contributed by atoms with van der Waals surface area (Å²) in [5.74, 6) is 1.72. The Morgan fingerprint density at radius 1 is 0.897 bits per heavy atom. The van der Waals surface area contributed by atoms with Crippen LogP contribution in [-0.4, -0.2) is 55.0 Å². The van der Waals surface area contributed by atoms with Gasteiger partial charge in [0.05, 0.1) is 27.0 Å². The summed E-state index contributed by atoms with van der Waals surface area (Å²) in [5.41, 5.74) is 2.84. The second-order valence-corrected chi connectivity index (χ2v) is 10.0. The molecule has 0 aliphatic rings. The van der Waals surface area contributed by atoms with E-state index >= 15 is 0 Å². The van der Waals surface area contributed by atoms with E-state index in [1.807, 2.05) is 68.4 Å². The Hall–Kier alpha value is -3.74. The third-order valence-electron chi connectivity index (χ3n) is 6.86. The molecule has 210 valence electrons. The molecule has 0 spiro atoms.